The van der Waals surface area contributed by atoms with Crippen LogP contribution in [-0.4, -0.2) is 44.1 Å². The van der Waals surface area contributed by atoms with E-state index in [0.29, 0.717) is 30.1 Å². The van der Waals surface area contributed by atoms with Gasteiger partial charge in [-0.15, -0.1) is 0 Å². The average molecular weight is 319 g/mol. The SMILES string of the molecule is CCC(C)N(CCOC)S(=O)(=O)c1c(C)oc(C)c1CO. The van der Waals surface area contributed by atoms with Crippen LogP contribution in [0.15, 0.2) is 9.31 Å². The van der Waals surface area contributed by atoms with E-state index in [0.717, 1.165) is 0 Å². The quantitative estimate of drug-likeness (QED) is 0.790. The standard InChI is InChI=1S/C14H25NO5S/c1-6-10(2)15(7-8-19-5)21(17,18)14-12(4)20-11(3)13(14)9-16/h10,16H,6-9H2,1-5H3. The minimum atomic E-state index is -3.74. The molecule has 0 saturated carbocycles. The summed E-state index contributed by atoms with van der Waals surface area (Å²) in [6.07, 6.45) is 0.688. The van der Waals surface area contributed by atoms with Crippen LogP contribution in [0.5, 0.6) is 0 Å². The largest absolute Gasteiger partial charge is 0.465 e. The second-order valence-corrected chi connectivity index (χ2v) is 6.87. The highest BCUT2D eigenvalue weighted by Gasteiger charge is 2.34. The van der Waals surface area contributed by atoms with E-state index in [4.69, 9.17) is 9.15 Å². The van der Waals surface area contributed by atoms with Crippen molar-refractivity contribution in [3.8, 4) is 0 Å². The van der Waals surface area contributed by atoms with E-state index >= 15 is 0 Å². The van der Waals surface area contributed by atoms with Gasteiger partial charge in [0.25, 0.3) is 0 Å². The van der Waals surface area contributed by atoms with E-state index in [9.17, 15) is 13.5 Å². The molecule has 0 aliphatic heterocycles. The Morgan fingerprint density at radius 1 is 1.33 bits per heavy atom. The fraction of sp³-hybridized carbons (Fsp3) is 0.714. The minimum absolute atomic E-state index is 0.0823. The number of aliphatic hydroxyl groups is 1. The van der Waals surface area contributed by atoms with Crippen LogP contribution in [-0.2, 0) is 21.4 Å². The molecule has 0 aliphatic carbocycles. The smallest absolute Gasteiger partial charge is 0.247 e. The lowest BCUT2D eigenvalue weighted by atomic mass is 10.2. The molecule has 0 aromatic carbocycles. The van der Waals surface area contributed by atoms with Crippen molar-refractivity contribution in [2.75, 3.05) is 20.3 Å². The molecule has 0 saturated heterocycles. The molecule has 1 N–H and O–H groups in total. The van der Waals surface area contributed by atoms with E-state index in [1.54, 1.807) is 13.8 Å². The summed E-state index contributed by atoms with van der Waals surface area (Å²) in [7, 11) is -2.20. The first-order valence-electron chi connectivity index (χ1n) is 7.01. The molecule has 0 aliphatic rings. The highest BCUT2D eigenvalue weighted by molar-refractivity contribution is 7.89. The molecule has 1 atom stereocenters. The summed E-state index contributed by atoms with van der Waals surface area (Å²) in [5.74, 6) is 0.742. The van der Waals surface area contributed by atoms with Crippen LogP contribution < -0.4 is 0 Å². The van der Waals surface area contributed by atoms with Gasteiger partial charge in [-0.2, -0.15) is 4.31 Å². The van der Waals surface area contributed by atoms with Crippen molar-refractivity contribution >= 4 is 10.0 Å². The topological polar surface area (TPSA) is 80.0 Å². The van der Waals surface area contributed by atoms with Crippen molar-refractivity contribution in [1.82, 2.24) is 4.31 Å². The Morgan fingerprint density at radius 2 is 1.95 bits per heavy atom. The van der Waals surface area contributed by atoms with Crippen molar-refractivity contribution in [3.63, 3.8) is 0 Å². The van der Waals surface area contributed by atoms with Gasteiger partial charge in [0.05, 0.1) is 13.2 Å². The van der Waals surface area contributed by atoms with Gasteiger partial charge in [-0.1, -0.05) is 6.92 Å². The van der Waals surface area contributed by atoms with Crippen molar-refractivity contribution in [3.05, 3.63) is 17.1 Å². The second kappa shape index (κ2) is 7.40. The van der Waals surface area contributed by atoms with E-state index in [1.807, 2.05) is 13.8 Å². The van der Waals surface area contributed by atoms with Crippen molar-refractivity contribution in [1.29, 1.82) is 0 Å². The Kier molecular flexibility index (Phi) is 6.40. The predicted molar refractivity (Wildman–Crippen MR) is 79.6 cm³/mol. The zero-order chi connectivity index (χ0) is 16.2. The second-order valence-electron chi connectivity index (χ2n) is 5.05. The van der Waals surface area contributed by atoms with Gasteiger partial charge in [0.1, 0.15) is 16.4 Å². The lowest BCUT2D eigenvalue weighted by Gasteiger charge is -2.27. The summed E-state index contributed by atoms with van der Waals surface area (Å²) in [5, 5.41) is 9.46. The normalized spacial score (nSPS) is 13.9. The monoisotopic (exact) mass is 319 g/mol. The fourth-order valence-corrected chi connectivity index (χ4v) is 4.41. The third kappa shape index (κ3) is 3.66. The predicted octanol–water partition coefficient (Wildman–Crippen LogP) is 1.82. The first-order valence-corrected chi connectivity index (χ1v) is 8.45. The molecule has 7 heteroatoms. The lowest BCUT2D eigenvalue weighted by molar-refractivity contribution is 0.167. The molecule has 1 aromatic rings. The van der Waals surface area contributed by atoms with Gasteiger partial charge >= 0.3 is 0 Å². The van der Waals surface area contributed by atoms with E-state index in [2.05, 4.69) is 0 Å². The maximum atomic E-state index is 13.0. The average Bonchev–Trinajstić information content (AvgIpc) is 2.72. The van der Waals surface area contributed by atoms with Gasteiger partial charge in [-0.3, -0.25) is 0 Å². The van der Waals surface area contributed by atoms with E-state index in [1.165, 1.54) is 11.4 Å². The van der Waals surface area contributed by atoms with Gasteiger partial charge in [0.2, 0.25) is 10.0 Å². The van der Waals surface area contributed by atoms with Gasteiger partial charge in [-0.05, 0) is 27.2 Å². The molecule has 6 nitrogen and oxygen atoms in total. The van der Waals surface area contributed by atoms with Gasteiger partial charge in [0.15, 0.2) is 0 Å². The highest BCUT2D eigenvalue weighted by Crippen LogP contribution is 2.30. The number of ether oxygens (including phenoxy) is 1. The maximum absolute atomic E-state index is 13.0. The number of nitrogens with zero attached hydrogens (tertiary/aromatic N) is 1. The zero-order valence-corrected chi connectivity index (χ0v) is 14.2. The number of aryl methyl sites for hydroxylation is 2. The van der Waals surface area contributed by atoms with Crippen molar-refractivity contribution < 1.29 is 22.7 Å². The Hall–Kier alpha value is -0.890. The summed E-state index contributed by atoms with van der Waals surface area (Å²) in [6, 6.07) is -0.161. The van der Waals surface area contributed by atoms with Crippen LogP contribution >= 0.6 is 0 Å². The summed E-state index contributed by atoms with van der Waals surface area (Å²) >= 11 is 0. The molecule has 0 amide bonds. The third-order valence-electron chi connectivity index (χ3n) is 3.65. The van der Waals surface area contributed by atoms with Crippen molar-refractivity contribution in [2.45, 2.75) is 51.7 Å². The number of aliphatic hydroxyl groups excluding tert-OH is 1. The van der Waals surface area contributed by atoms with Crippen LogP contribution in [0.25, 0.3) is 0 Å². The number of methoxy groups -OCH3 is 1. The van der Waals surface area contributed by atoms with Crippen LogP contribution in [0.3, 0.4) is 0 Å². The Labute approximate surface area is 126 Å². The molecule has 1 unspecified atom stereocenters. The molecule has 1 heterocycles. The highest BCUT2D eigenvalue weighted by atomic mass is 32.2. The third-order valence-corrected chi connectivity index (χ3v) is 5.86. The molecular weight excluding hydrogens is 294 g/mol. The van der Waals surface area contributed by atoms with Gasteiger partial charge in [0, 0.05) is 25.3 Å². The zero-order valence-electron chi connectivity index (χ0n) is 13.3. The first kappa shape index (κ1) is 18.2. The number of sulfonamides is 1. The summed E-state index contributed by atoms with van der Waals surface area (Å²) in [6.45, 7) is 7.26. The number of furan rings is 1. The molecular formula is C14H25NO5S. The van der Waals surface area contributed by atoms with E-state index in [-0.39, 0.29) is 24.1 Å². The van der Waals surface area contributed by atoms with Crippen LogP contribution in [0.2, 0.25) is 0 Å². The fourth-order valence-electron chi connectivity index (χ4n) is 2.31. The van der Waals surface area contributed by atoms with E-state index < -0.39 is 10.0 Å². The van der Waals surface area contributed by atoms with Crippen LogP contribution in [0, 0.1) is 13.8 Å². The van der Waals surface area contributed by atoms with Crippen LogP contribution in [0.1, 0.15) is 37.4 Å². The molecule has 21 heavy (non-hydrogen) atoms. The molecule has 0 spiro atoms. The minimum Gasteiger partial charge on any atom is -0.465 e. The summed E-state index contributed by atoms with van der Waals surface area (Å²) in [4.78, 5) is 0.0823. The molecule has 0 bridgehead atoms. The molecule has 1 aromatic heterocycles. The summed E-state index contributed by atoms with van der Waals surface area (Å²) in [5.41, 5.74) is 0.332. The van der Waals surface area contributed by atoms with Crippen molar-refractivity contribution in [2.24, 2.45) is 0 Å². The molecule has 0 radical (unpaired) electrons. The molecule has 0 fully saturated rings. The van der Waals surface area contributed by atoms with Gasteiger partial charge in [-0.25, -0.2) is 8.42 Å². The number of rotatable bonds is 8. The first-order chi connectivity index (χ1) is 9.81. The van der Waals surface area contributed by atoms with Gasteiger partial charge < -0.3 is 14.3 Å². The lowest BCUT2D eigenvalue weighted by Crippen LogP contribution is -2.40. The Bertz CT molecular complexity index is 564. The van der Waals surface area contributed by atoms with Crippen LogP contribution in [0.4, 0.5) is 0 Å². The number of hydrogen-bond acceptors (Lipinski definition) is 5. The summed E-state index contributed by atoms with van der Waals surface area (Å²) < 4.78 is 37.7. The Balaban J connectivity index is 3.35. The Morgan fingerprint density at radius 3 is 2.43 bits per heavy atom. The molecule has 122 valence electrons. The maximum Gasteiger partial charge on any atom is 0.247 e. The molecule has 1 rings (SSSR count). The number of hydrogen-bond donors (Lipinski definition) is 1.